The minimum absolute atomic E-state index is 0.0542. The molecular formula is C16H24N2O2. The molecule has 4 heteroatoms. The molecule has 0 saturated carbocycles. The van der Waals surface area contributed by atoms with Gasteiger partial charge in [0, 0.05) is 31.1 Å². The smallest absolute Gasteiger partial charge is 0.289 e. The van der Waals surface area contributed by atoms with Crippen LogP contribution >= 0.6 is 0 Å². The number of hydrogen-bond donors (Lipinski definition) is 1. The van der Waals surface area contributed by atoms with Gasteiger partial charge >= 0.3 is 0 Å². The van der Waals surface area contributed by atoms with Gasteiger partial charge in [-0.25, -0.2) is 0 Å². The van der Waals surface area contributed by atoms with Gasteiger partial charge in [0.15, 0.2) is 5.76 Å². The van der Waals surface area contributed by atoms with Crippen molar-refractivity contribution in [3.63, 3.8) is 0 Å². The number of fused-ring (bicyclic) bond motifs is 2. The van der Waals surface area contributed by atoms with E-state index in [-0.39, 0.29) is 5.91 Å². The van der Waals surface area contributed by atoms with Crippen LogP contribution in [0.4, 0.5) is 0 Å². The molecule has 1 N–H and O–H groups in total. The molecule has 1 aromatic heterocycles. The van der Waals surface area contributed by atoms with E-state index in [2.05, 4.69) is 12.2 Å². The van der Waals surface area contributed by atoms with Gasteiger partial charge in [0.2, 0.25) is 0 Å². The predicted molar refractivity (Wildman–Crippen MR) is 77.8 cm³/mol. The monoisotopic (exact) mass is 276 g/mol. The number of nitrogens with one attached hydrogen (secondary N) is 1. The second-order valence-corrected chi connectivity index (χ2v) is 5.97. The molecule has 2 aliphatic heterocycles. The Kier molecular flexibility index (Phi) is 3.83. The molecule has 0 aliphatic carbocycles. The zero-order valence-corrected chi connectivity index (χ0v) is 12.4. The van der Waals surface area contributed by atoms with E-state index < -0.39 is 0 Å². The van der Waals surface area contributed by atoms with Crippen LogP contribution in [-0.2, 0) is 6.42 Å². The maximum Gasteiger partial charge on any atom is 0.289 e. The number of amides is 1. The Morgan fingerprint density at radius 1 is 1.30 bits per heavy atom. The lowest BCUT2D eigenvalue weighted by atomic mass is 9.98. The average Bonchev–Trinajstić information content (AvgIpc) is 3.06. The first kappa shape index (κ1) is 13.7. The molecule has 0 radical (unpaired) electrons. The summed E-state index contributed by atoms with van der Waals surface area (Å²) >= 11 is 0. The molecule has 2 bridgehead atoms. The minimum Gasteiger partial charge on any atom is -0.456 e. The highest BCUT2D eigenvalue weighted by Gasteiger charge is 2.37. The van der Waals surface area contributed by atoms with Gasteiger partial charge in [0.05, 0.1) is 0 Å². The van der Waals surface area contributed by atoms with Crippen molar-refractivity contribution in [2.75, 3.05) is 6.54 Å². The Morgan fingerprint density at radius 3 is 2.55 bits per heavy atom. The number of nitrogens with zero attached hydrogens (tertiary/aromatic N) is 1. The molecule has 0 spiro atoms. The Balaban J connectivity index is 1.73. The normalized spacial score (nSPS) is 28.6. The van der Waals surface area contributed by atoms with Gasteiger partial charge in [-0.05, 0) is 44.7 Å². The fraction of sp³-hybridized carbons (Fsp3) is 0.688. The van der Waals surface area contributed by atoms with Gasteiger partial charge < -0.3 is 14.6 Å². The molecule has 2 unspecified atom stereocenters. The minimum atomic E-state index is 0.0542. The summed E-state index contributed by atoms with van der Waals surface area (Å²) in [6.07, 6.45) is 5.51. The molecule has 2 atom stereocenters. The van der Waals surface area contributed by atoms with E-state index >= 15 is 0 Å². The first-order chi connectivity index (χ1) is 9.71. The van der Waals surface area contributed by atoms with E-state index in [4.69, 9.17) is 4.42 Å². The lowest BCUT2D eigenvalue weighted by Crippen LogP contribution is -2.50. The SMILES string of the molecule is CCc1ccc(C(=O)N(CC)C2CC3CCC(C2)N3)o1. The number of carbonyl (C=O) groups excluding carboxylic acids is 1. The lowest BCUT2D eigenvalue weighted by molar-refractivity contribution is 0.0597. The van der Waals surface area contributed by atoms with Crippen molar-refractivity contribution in [2.24, 2.45) is 0 Å². The van der Waals surface area contributed by atoms with Crippen LogP contribution in [0.3, 0.4) is 0 Å². The number of carbonyl (C=O) groups is 1. The summed E-state index contributed by atoms with van der Waals surface area (Å²) < 4.78 is 5.63. The van der Waals surface area contributed by atoms with E-state index in [0.29, 0.717) is 23.9 Å². The van der Waals surface area contributed by atoms with Crippen molar-refractivity contribution in [2.45, 2.75) is 64.1 Å². The zero-order valence-electron chi connectivity index (χ0n) is 12.4. The number of rotatable bonds is 4. The molecule has 110 valence electrons. The number of piperidine rings is 1. The van der Waals surface area contributed by atoms with Gasteiger partial charge in [-0.3, -0.25) is 4.79 Å². The van der Waals surface area contributed by atoms with Crippen molar-refractivity contribution >= 4 is 5.91 Å². The molecule has 2 aliphatic rings. The van der Waals surface area contributed by atoms with E-state index in [1.165, 1.54) is 12.8 Å². The van der Waals surface area contributed by atoms with Crippen molar-refractivity contribution in [3.8, 4) is 0 Å². The molecule has 3 rings (SSSR count). The van der Waals surface area contributed by atoms with Crippen LogP contribution in [0.15, 0.2) is 16.5 Å². The van der Waals surface area contributed by atoms with E-state index in [1.54, 1.807) is 0 Å². The molecule has 1 amide bonds. The molecule has 2 saturated heterocycles. The summed E-state index contributed by atoms with van der Waals surface area (Å²) in [5.74, 6) is 1.43. The largest absolute Gasteiger partial charge is 0.456 e. The van der Waals surface area contributed by atoms with Crippen molar-refractivity contribution in [1.29, 1.82) is 0 Å². The Bertz CT molecular complexity index is 471. The first-order valence-corrected chi connectivity index (χ1v) is 7.87. The van der Waals surface area contributed by atoms with Gasteiger partial charge in [-0.1, -0.05) is 6.92 Å². The molecular weight excluding hydrogens is 252 g/mol. The summed E-state index contributed by atoms with van der Waals surface area (Å²) in [6.45, 7) is 4.85. The van der Waals surface area contributed by atoms with Crippen LogP contribution < -0.4 is 5.32 Å². The van der Waals surface area contributed by atoms with E-state index in [9.17, 15) is 4.79 Å². The van der Waals surface area contributed by atoms with Crippen LogP contribution in [0.5, 0.6) is 0 Å². The number of furan rings is 1. The molecule has 2 fully saturated rings. The summed E-state index contributed by atoms with van der Waals surface area (Å²) in [6, 6.07) is 5.29. The number of hydrogen-bond acceptors (Lipinski definition) is 3. The third kappa shape index (κ3) is 2.49. The average molecular weight is 276 g/mol. The van der Waals surface area contributed by atoms with Gasteiger partial charge in [-0.2, -0.15) is 0 Å². The predicted octanol–water partition coefficient (Wildman–Crippen LogP) is 2.59. The van der Waals surface area contributed by atoms with Crippen LogP contribution in [0.1, 0.15) is 55.8 Å². The van der Waals surface area contributed by atoms with Crippen LogP contribution in [-0.4, -0.2) is 35.5 Å². The second-order valence-electron chi connectivity index (χ2n) is 5.97. The molecule has 4 nitrogen and oxygen atoms in total. The third-order valence-electron chi connectivity index (χ3n) is 4.71. The van der Waals surface area contributed by atoms with Crippen LogP contribution in [0.25, 0.3) is 0 Å². The number of aryl methyl sites for hydroxylation is 1. The summed E-state index contributed by atoms with van der Waals surface area (Å²) in [7, 11) is 0. The maximum absolute atomic E-state index is 12.6. The highest BCUT2D eigenvalue weighted by Crippen LogP contribution is 2.30. The van der Waals surface area contributed by atoms with Gasteiger partial charge in [0.1, 0.15) is 5.76 Å². The second kappa shape index (κ2) is 5.60. The Labute approximate surface area is 120 Å². The zero-order chi connectivity index (χ0) is 14.1. The summed E-state index contributed by atoms with van der Waals surface area (Å²) in [5.41, 5.74) is 0. The highest BCUT2D eigenvalue weighted by atomic mass is 16.4. The highest BCUT2D eigenvalue weighted by molar-refractivity contribution is 5.91. The quantitative estimate of drug-likeness (QED) is 0.919. The van der Waals surface area contributed by atoms with Crippen molar-refractivity contribution < 1.29 is 9.21 Å². The summed E-state index contributed by atoms with van der Waals surface area (Å²) in [5, 5.41) is 3.63. The van der Waals surface area contributed by atoms with Crippen LogP contribution in [0.2, 0.25) is 0 Å². The molecule has 1 aromatic rings. The Hall–Kier alpha value is -1.29. The van der Waals surface area contributed by atoms with E-state index in [0.717, 1.165) is 31.6 Å². The molecule has 3 heterocycles. The fourth-order valence-corrected chi connectivity index (χ4v) is 3.67. The standard InChI is InChI=1S/C16H24N2O2/c1-3-14-7-8-15(20-14)16(19)18(4-2)13-9-11-5-6-12(10-13)17-11/h7-8,11-13,17H,3-6,9-10H2,1-2H3. The topological polar surface area (TPSA) is 45.5 Å². The summed E-state index contributed by atoms with van der Waals surface area (Å²) in [4.78, 5) is 14.7. The molecule has 20 heavy (non-hydrogen) atoms. The van der Waals surface area contributed by atoms with Crippen molar-refractivity contribution in [1.82, 2.24) is 10.2 Å². The first-order valence-electron chi connectivity index (χ1n) is 7.87. The third-order valence-corrected chi connectivity index (χ3v) is 4.71. The fourth-order valence-electron chi connectivity index (χ4n) is 3.67. The van der Waals surface area contributed by atoms with Gasteiger partial charge in [0.25, 0.3) is 5.91 Å². The lowest BCUT2D eigenvalue weighted by Gasteiger charge is -2.36. The van der Waals surface area contributed by atoms with Gasteiger partial charge in [-0.15, -0.1) is 0 Å². The Morgan fingerprint density at radius 2 is 2.00 bits per heavy atom. The molecule has 0 aromatic carbocycles. The van der Waals surface area contributed by atoms with Crippen molar-refractivity contribution in [3.05, 3.63) is 23.7 Å². The van der Waals surface area contributed by atoms with E-state index in [1.807, 2.05) is 24.0 Å². The maximum atomic E-state index is 12.6. The van der Waals surface area contributed by atoms with Crippen LogP contribution in [0, 0.1) is 0 Å².